The number of rotatable bonds is 0. The minimum Gasteiger partial charge on any atom is -0.390 e. The van der Waals surface area contributed by atoms with Crippen LogP contribution in [0.2, 0.25) is 0 Å². The Labute approximate surface area is 93.3 Å². The third-order valence-electron chi connectivity index (χ3n) is 5.62. The van der Waals surface area contributed by atoms with Gasteiger partial charge in [-0.3, -0.25) is 0 Å². The summed E-state index contributed by atoms with van der Waals surface area (Å²) < 4.78 is 0. The van der Waals surface area contributed by atoms with Crippen molar-refractivity contribution >= 4 is 0 Å². The normalized spacial score (nSPS) is 53.6. The number of hydrogen-bond donors (Lipinski definition) is 1. The van der Waals surface area contributed by atoms with Gasteiger partial charge in [0.1, 0.15) is 0 Å². The van der Waals surface area contributed by atoms with E-state index in [2.05, 4.69) is 20.8 Å². The Balaban J connectivity index is 2.00. The predicted octanol–water partition coefficient (Wildman–Crippen LogP) is 3.36. The number of hydrogen-bond acceptors (Lipinski definition) is 1. The Bertz CT molecular complexity index is 272. The molecule has 4 rings (SSSR count). The van der Waals surface area contributed by atoms with E-state index in [1.807, 2.05) is 0 Å². The zero-order chi connectivity index (χ0) is 10.9. The zero-order valence-corrected chi connectivity index (χ0v) is 10.3. The lowest BCUT2D eigenvalue weighted by Crippen LogP contribution is -2.59. The van der Waals surface area contributed by atoms with Crippen LogP contribution in [0.15, 0.2) is 0 Å². The van der Waals surface area contributed by atoms with Crippen LogP contribution >= 0.6 is 0 Å². The summed E-state index contributed by atoms with van der Waals surface area (Å²) in [6, 6.07) is 0. The fraction of sp³-hybridized carbons (Fsp3) is 1.00. The quantitative estimate of drug-likeness (QED) is 0.647. The highest BCUT2D eigenvalue weighted by Gasteiger charge is 2.60. The van der Waals surface area contributed by atoms with Crippen LogP contribution in [0, 0.1) is 22.7 Å². The van der Waals surface area contributed by atoms with Crippen molar-refractivity contribution in [3.63, 3.8) is 0 Å². The molecule has 0 aliphatic heterocycles. The van der Waals surface area contributed by atoms with Crippen LogP contribution in [-0.2, 0) is 0 Å². The van der Waals surface area contributed by atoms with Crippen LogP contribution in [0.25, 0.3) is 0 Å². The molecule has 0 spiro atoms. The van der Waals surface area contributed by atoms with E-state index in [1.54, 1.807) is 0 Å². The predicted molar refractivity (Wildman–Crippen MR) is 61.5 cm³/mol. The van der Waals surface area contributed by atoms with Gasteiger partial charge in [-0.2, -0.15) is 0 Å². The largest absolute Gasteiger partial charge is 0.390 e. The first kappa shape index (κ1) is 10.1. The van der Waals surface area contributed by atoms with Crippen LogP contribution in [-0.4, -0.2) is 10.7 Å². The SMILES string of the molecule is CC(C)(C)C12CC3CC(CC(O)(C3)C1)C2. The lowest BCUT2D eigenvalue weighted by atomic mass is 9.42. The third-order valence-corrected chi connectivity index (χ3v) is 5.62. The average Bonchev–Trinajstić information content (AvgIpc) is 1.95. The van der Waals surface area contributed by atoms with Gasteiger partial charge < -0.3 is 5.11 Å². The van der Waals surface area contributed by atoms with Gasteiger partial charge in [-0.15, -0.1) is 0 Å². The maximum absolute atomic E-state index is 10.6. The van der Waals surface area contributed by atoms with Crippen molar-refractivity contribution in [2.75, 3.05) is 0 Å². The Hall–Kier alpha value is -0.0400. The fourth-order valence-electron chi connectivity index (χ4n) is 5.09. The van der Waals surface area contributed by atoms with Crippen molar-refractivity contribution in [1.82, 2.24) is 0 Å². The Morgan fingerprint density at radius 3 is 1.93 bits per heavy atom. The van der Waals surface area contributed by atoms with E-state index in [9.17, 15) is 5.11 Å². The molecule has 4 aliphatic rings. The van der Waals surface area contributed by atoms with Crippen molar-refractivity contribution < 1.29 is 5.11 Å². The molecule has 2 unspecified atom stereocenters. The van der Waals surface area contributed by atoms with Crippen LogP contribution < -0.4 is 0 Å². The first-order chi connectivity index (χ1) is 6.82. The summed E-state index contributed by atoms with van der Waals surface area (Å²) in [5.74, 6) is 1.66. The van der Waals surface area contributed by atoms with E-state index >= 15 is 0 Å². The molecule has 0 aromatic rings. The van der Waals surface area contributed by atoms with Crippen LogP contribution in [0.3, 0.4) is 0 Å². The van der Waals surface area contributed by atoms with Crippen molar-refractivity contribution in [1.29, 1.82) is 0 Å². The van der Waals surface area contributed by atoms with Crippen molar-refractivity contribution in [2.24, 2.45) is 22.7 Å². The molecule has 4 saturated carbocycles. The molecule has 2 atom stereocenters. The number of aliphatic hydroxyl groups is 1. The van der Waals surface area contributed by atoms with E-state index in [0.717, 1.165) is 31.1 Å². The highest BCUT2D eigenvalue weighted by molar-refractivity contribution is 5.11. The smallest absolute Gasteiger partial charge is 0.0658 e. The summed E-state index contributed by atoms with van der Waals surface area (Å²) in [6.45, 7) is 7.14. The summed E-state index contributed by atoms with van der Waals surface area (Å²) in [6.07, 6.45) is 7.45. The molecule has 0 amide bonds. The highest BCUT2D eigenvalue weighted by atomic mass is 16.3. The second-order valence-electron chi connectivity index (χ2n) is 7.72. The summed E-state index contributed by atoms with van der Waals surface area (Å²) in [4.78, 5) is 0. The minimum absolute atomic E-state index is 0.280. The van der Waals surface area contributed by atoms with Crippen LogP contribution in [0.1, 0.15) is 59.3 Å². The molecule has 4 bridgehead atoms. The molecular formula is C14H24O. The van der Waals surface area contributed by atoms with Crippen molar-refractivity contribution in [3.05, 3.63) is 0 Å². The molecule has 1 N–H and O–H groups in total. The van der Waals surface area contributed by atoms with E-state index < -0.39 is 0 Å². The molecule has 15 heavy (non-hydrogen) atoms. The topological polar surface area (TPSA) is 20.2 Å². The highest BCUT2D eigenvalue weighted by Crippen LogP contribution is 2.66. The van der Waals surface area contributed by atoms with E-state index in [-0.39, 0.29) is 5.60 Å². The van der Waals surface area contributed by atoms with Crippen molar-refractivity contribution in [2.45, 2.75) is 64.9 Å². The van der Waals surface area contributed by atoms with Gasteiger partial charge in [0, 0.05) is 0 Å². The summed E-state index contributed by atoms with van der Waals surface area (Å²) in [7, 11) is 0. The summed E-state index contributed by atoms with van der Waals surface area (Å²) in [5.41, 5.74) is 0.544. The second-order valence-corrected chi connectivity index (χ2v) is 7.72. The van der Waals surface area contributed by atoms with Crippen molar-refractivity contribution in [3.8, 4) is 0 Å². The third kappa shape index (κ3) is 1.32. The molecule has 86 valence electrons. The molecule has 0 heterocycles. The van der Waals surface area contributed by atoms with Gasteiger partial charge in [0.25, 0.3) is 0 Å². The molecular weight excluding hydrogens is 184 g/mol. The Morgan fingerprint density at radius 1 is 1.00 bits per heavy atom. The molecule has 0 saturated heterocycles. The van der Waals surface area contributed by atoms with Gasteiger partial charge in [0.2, 0.25) is 0 Å². The molecule has 1 heteroatoms. The zero-order valence-electron chi connectivity index (χ0n) is 10.3. The van der Waals surface area contributed by atoms with E-state index in [4.69, 9.17) is 0 Å². The molecule has 1 nitrogen and oxygen atoms in total. The van der Waals surface area contributed by atoms with Gasteiger partial charge in [-0.1, -0.05) is 20.8 Å². The maximum Gasteiger partial charge on any atom is 0.0658 e. The van der Waals surface area contributed by atoms with Crippen LogP contribution in [0.4, 0.5) is 0 Å². The van der Waals surface area contributed by atoms with Gasteiger partial charge in [-0.05, 0) is 61.2 Å². The lowest BCUT2D eigenvalue weighted by Gasteiger charge is -2.64. The van der Waals surface area contributed by atoms with Gasteiger partial charge in [-0.25, -0.2) is 0 Å². The maximum atomic E-state index is 10.6. The van der Waals surface area contributed by atoms with Gasteiger partial charge in [0.15, 0.2) is 0 Å². The molecule has 0 radical (unpaired) electrons. The van der Waals surface area contributed by atoms with Gasteiger partial charge >= 0.3 is 0 Å². The Kier molecular flexibility index (Phi) is 1.77. The van der Waals surface area contributed by atoms with Gasteiger partial charge in [0.05, 0.1) is 5.60 Å². The minimum atomic E-state index is -0.280. The standard InChI is InChI=1S/C14H24O/c1-12(2,3)13-5-10-4-11(6-13)8-14(15,7-10)9-13/h10-11,15H,4-9H2,1-3H3. The monoisotopic (exact) mass is 208 g/mol. The first-order valence-corrected chi connectivity index (χ1v) is 6.54. The molecule has 0 aromatic heterocycles. The van der Waals surface area contributed by atoms with E-state index in [0.29, 0.717) is 10.8 Å². The fourth-order valence-corrected chi connectivity index (χ4v) is 5.09. The molecule has 4 fully saturated rings. The summed E-state index contributed by atoms with van der Waals surface area (Å²) in [5, 5.41) is 10.6. The Morgan fingerprint density at radius 2 is 1.53 bits per heavy atom. The van der Waals surface area contributed by atoms with Crippen LogP contribution in [0.5, 0.6) is 0 Å². The molecule has 0 aromatic carbocycles. The molecule has 4 aliphatic carbocycles. The lowest BCUT2D eigenvalue weighted by molar-refractivity contribution is -0.195. The van der Waals surface area contributed by atoms with E-state index in [1.165, 1.54) is 19.3 Å². The first-order valence-electron chi connectivity index (χ1n) is 6.54. The average molecular weight is 208 g/mol. The summed E-state index contributed by atoms with van der Waals surface area (Å²) >= 11 is 0. The second kappa shape index (κ2) is 2.61.